The van der Waals surface area contributed by atoms with E-state index in [4.69, 9.17) is 0 Å². The Morgan fingerprint density at radius 2 is 1.83 bits per heavy atom. The molecule has 1 N–H and O–H groups in total. The third-order valence-electron chi connectivity index (χ3n) is 2.14. The van der Waals surface area contributed by atoms with E-state index < -0.39 is 24.5 Å². The van der Waals surface area contributed by atoms with E-state index in [1.165, 1.54) is 18.2 Å². The molecule has 2 rings (SSSR count). The predicted molar refractivity (Wildman–Crippen MR) is 54.1 cm³/mol. The van der Waals surface area contributed by atoms with Gasteiger partial charge in [0.25, 0.3) is 0 Å². The molecule has 0 saturated carbocycles. The third-order valence-corrected chi connectivity index (χ3v) is 2.14. The molecule has 1 heterocycles. The Morgan fingerprint density at radius 1 is 1.17 bits per heavy atom. The summed E-state index contributed by atoms with van der Waals surface area (Å²) in [6.45, 7) is -3.11. The number of imide groups is 2. The zero-order valence-corrected chi connectivity index (χ0v) is 8.72. The molecule has 0 radical (unpaired) electrons. The summed E-state index contributed by atoms with van der Waals surface area (Å²) in [5.41, 5.74) is -0.217. The van der Waals surface area contributed by atoms with Crippen LogP contribution in [0, 0.1) is 0 Å². The monoisotopic (exact) mass is 256 g/mol. The number of para-hydroxylation sites is 2. The summed E-state index contributed by atoms with van der Waals surface area (Å²) in [7, 11) is 0. The number of halogens is 2. The maximum Gasteiger partial charge on any atom is 0.387 e. The van der Waals surface area contributed by atoms with E-state index in [0.717, 1.165) is 6.07 Å². The van der Waals surface area contributed by atoms with Crippen molar-refractivity contribution in [2.45, 2.75) is 6.61 Å². The number of nitrogens with zero attached hydrogens (tertiary/aromatic N) is 1. The fraction of sp³-hybridized carbons (Fsp3) is 0.100. The van der Waals surface area contributed by atoms with Gasteiger partial charge in [-0.15, -0.1) is 0 Å². The summed E-state index contributed by atoms with van der Waals surface area (Å²) in [6.07, 6.45) is 0. The van der Waals surface area contributed by atoms with Crippen LogP contribution in [0.2, 0.25) is 0 Å². The summed E-state index contributed by atoms with van der Waals surface area (Å²) in [6, 6.07) is 4.17. The minimum absolute atomic E-state index is 0.217. The van der Waals surface area contributed by atoms with Gasteiger partial charge in [0.1, 0.15) is 5.75 Å². The third kappa shape index (κ3) is 1.99. The van der Waals surface area contributed by atoms with Gasteiger partial charge >= 0.3 is 24.5 Å². The van der Waals surface area contributed by atoms with Crippen LogP contribution in [0.4, 0.5) is 19.3 Å². The van der Waals surface area contributed by atoms with Crippen LogP contribution in [0.1, 0.15) is 0 Å². The van der Waals surface area contributed by atoms with Gasteiger partial charge < -0.3 is 4.74 Å². The lowest BCUT2D eigenvalue weighted by atomic mass is 10.2. The Bertz CT molecular complexity index is 532. The topological polar surface area (TPSA) is 75.7 Å². The molecule has 8 heteroatoms. The minimum atomic E-state index is -3.11. The molecule has 1 fully saturated rings. The van der Waals surface area contributed by atoms with E-state index in [2.05, 4.69) is 4.74 Å². The van der Waals surface area contributed by atoms with Crippen molar-refractivity contribution in [2.24, 2.45) is 0 Å². The molecule has 0 aliphatic carbocycles. The maximum absolute atomic E-state index is 12.2. The Balaban J connectivity index is 2.42. The van der Waals surface area contributed by atoms with Crippen molar-refractivity contribution in [3.8, 4) is 5.75 Å². The molecule has 0 bridgehead atoms. The van der Waals surface area contributed by atoms with Gasteiger partial charge in [-0.3, -0.25) is 14.9 Å². The van der Waals surface area contributed by atoms with Crippen LogP contribution in [-0.4, -0.2) is 24.5 Å². The van der Waals surface area contributed by atoms with Crippen molar-refractivity contribution in [1.82, 2.24) is 5.32 Å². The number of urea groups is 1. The fourth-order valence-corrected chi connectivity index (χ4v) is 1.46. The molecule has 0 spiro atoms. The molecule has 4 amide bonds. The Hall–Kier alpha value is -2.51. The molecule has 94 valence electrons. The highest BCUT2D eigenvalue weighted by Gasteiger charge is 2.39. The molecular weight excluding hydrogens is 250 g/mol. The first-order valence-corrected chi connectivity index (χ1v) is 4.74. The summed E-state index contributed by atoms with van der Waals surface area (Å²) in [5.74, 6) is -2.64. The normalized spacial score (nSPS) is 15.3. The van der Waals surface area contributed by atoms with Crippen LogP contribution in [-0.2, 0) is 9.59 Å². The first kappa shape index (κ1) is 12.0. The van der Waals surface area contributed by atoms with Crippen LogP contribution < -0.4 is 15.0 Å². The maximum atomic E-state index is 12.2. The molecule has 1 aliphatic heterocycles. The van der Waals surface area contributed by atoms with E-state index in [0.29, 0.717) is 4.90 Å². The molecule has 18 heavy (non-hydrogen) atoms. The van der Waals surface area contributed by atoms with Crippen molar-refractivity contribution in [1.29, 1.82) is 0 Å². The lowest BCUT2D eigenvalue weighted by molar-refractivity contribution is -0.134. The largest absolute Gasteiger partial charge is 0.433 e. The van der Waals surface area contributed by atoms with Crippen molar-refractivity contribution in [3.05, 3.63) is 24.3 Å². The molecule has 1 aromatic carbocycles. The smallest absolute Gasteiger partial charge is 0.387 e. The minimum Gasteiger partial charge on any atom is -0.433 e. The van der Waals surface area contributed by atoms with E-state index in [9.17, 15) is 23.2 Å². The van der Waals surface area contributed by atoms with Crippen molar-refractivity contribution >= 4 is 23.5 Å². The molecule has 6 nitrogen and oxygen atoms in total. The first-order valence-electron chi connectivity index (χ1n) is 4.74. The number of carbonyl (C=O) groups excluding carboxylic acids is 3. The zero-order chi connectivity index (χ0) is 13.3. The van der Waals surface area contributed by atoms with Gasteiger partial charge in [-0.1, -0.05) is 12.1 Å². The van der Waals surface area contributed by atoms with Crippen molar-refractivity contribution < 1.29 is 27.9 Å². The highest BCUT2D eigenvalue weighted by atomic mass is 19.3. The number of hydrogen-bond donors (Lipinski definition) is 1. The SMILES string of the molecule is O=C1NC(=O)N(c2ccccc2OC(F)F)C1=O. The van der Waals surface area contributed by atoms with Crippen LogP contribution in [0.15, 0.2) is 24.3 Å². The zero-order valence-electron chi connectivity index (χ0n) is 8.72. The van der Waals surface area contributed by atoms with Crippen LogP contribution in [0.25, 0.3) is 0 Å². The summed E-state index contributed by atoms with van der Waals surface area (Å²) in [4.78, 5) is 34.2. The van der Waals surface area contributed by atoms with E-state index in [1.807, 2.05) is 0 Å². The molecule has 1 aliphatic rings. The average molecular weight is 256 g/mol. The Kier molecular flexibility index (Phi) is 2.92. The molecule has 0 aromatic heterocycles. The highest BCUT2D eigenvalue weighted by molar-refractivity contribution is 6.53. The van der Waals surface area contributed by atoms with Gasteiger partial charge in [-0.2, -0.15) is 8.78 Å². The molecule has 1 saturated heterocycles. The second-order valence-corrected chi connectivity index (χ2v) is 3.25. The number of carbonyl (C=O) groups is 3. The predicted octanol–water partition coefficient (Wildman–Crippen LogP) is 0.871. The number of hydrogen-bond acceptors (Lipinski definition) is 4. The van der Waals surface area contributed by atoms with E-state index in [-0.39, 0.29) is 11.4 Å². The number of rotatable bonds is 3. The fourth-order valence-electron chi connectivity index (χ4n) is 1.46. The number of benzene rings is 1. The summed E-state index contributed by atoms with van der Waals surface area (Å²) >= 11 is 0. The van der Waals surface area contributed by atoms with Crippen LogP contribution >= 0.6 is 0 Å². The number of nitrogens with one attached hydrogen (secondary N) is 1. The van der Waals surface area contributed by atoms with Gasteiger partial charge in [0.05, 0.1) is 5.69 Å². The van der Waals surface area contributed by atoms with Gasteiger partial charge in [-0.05, 0) is 12.1 Å². The molecule has 0 unspecified atom stereocenters. The van der Waals surface area contributed by atoms with E-state index >= 15 is 0 Å². The summed E-state index contributed by atoms with van der Waals surface area (Å²) in [5, 5.41) is 1.75. The van der Waals surface area contributed by atoms with Gasteiger partial charge in [-0.25, -0.2) is 9.69 Å². The molecular formula is C10H6F2N2O4. The number of alkyl halides is 2. The number of ether oxygens (including phenoxy) is 1. The highest BCUT2D eigenvalue weighted by Crippen LogP contribution is 2.30. The average Bonchev–Trinajstić information content (AvgIpc) is 2.54. The van der Waals surface area contributed by atoms with Gasteiger partial charge in [0.15, 0.2) is 0 Å². The van der Waals surface area contributed by atoms with Crippen molar-refractivity contribution in [3.63, 3.8) is 0 Å². The van der Waals surface area contributed by atoms with E-state index in [1.54, 1.807) is 5.32 Å². The first-order chi connectivity index (χ1) is 8.50. The van der Waals surface area contributed by atoms with Crippen LogP contribution in [0.5, 0.6) is 5.75 Å². The lowest BCUT2D eigenvalue weighted by Gasteiger charge is -2.15. The van der Waals surface area contributed by atoms with Crippen LogP contribution in [0.3, 0.4) is 0 Å². The standard InChI is InChI=1S/C10H6F2N2O4/c11-9(12)18-6-4-2-1-3-5(6)14-8(16)7(15)13-10(14)17/h1-4,9H,(H,13,15,17). The Morgan fingerprint density at radius 3 is 2.39 bits per heavy atom. The number of anilines is 1. The quantitative estimate of drug-likeness (QED) is 0.643. The number of amides is 4. The summed E-state index contributed by atoms with van der Waals surface area (Å²) < 4.78 is 28.5. The van der Waals surface area contributed by atoms with Gasteiger partial charge in [0.2, 0.25) is 0 Å². The molecule has 0 atom stereocenters. The Labute approximate surface area is 99.1 Å². The second-order valence-electron chi connectivity index (χ2n) is 3.25. The molecule has 1 aromatic rings. The van der Waals surface area contributed by atoms with Crippen molar-refractivity contribution in [2.75, 3.05) is 4.90 Å². The second kappa shape index (κ2) is 4.40. The van der Waals surface area contributed by atoms with Gasteiger partial charge in [0, 0.05) is 0 Å². The lowest BCUT2D eigenvalue weighted by Crippen LogP contribution is -2.31.